The van der Waals surface area contributed by atoms with Gasteiger partial charge in [-0.1, -0.05) is 12.1 Å². The maximum absolute atomic E-state index is 12.5. The molecule has 2 aromatic heterocycles. The summed E-state index contributed by atoms with van der Waals surface area (Å²) >= 11 is 0. The van der Waals surface area contributed by atoms with E-state index in [1.54, 1.807) is 6.20 Å². The lowest BCUT2D eigenvalue weighted by Crippen LogP contribution is -2.43. The largest absolute Gasteiger partial charge is 0.342 e. The van der Waals surface area contributed by atoms with Gasteiger partial charge in [0.05, 0.1) is 6.54 Å². The molecular formula is C22H29N5O. The molecule has 4 rings (SSSR count). The number of likely N-dealkylation sites (tertiary alicyclic amines) is 2. The van der Waals surface area contributed by atoms with E-state index in [2.05, 4.69) is 27.3 Å². The lowest BCUT2D eigenvalue weighted by Gasteiger charge is -2.33. The van der Waals surface area contributed by atoms with Crippen LogP contribution >= 0.6 is 0 Å². The highest BCUT2D eigenvalue weighted by atomic mass is 16.2. The Labute approximate surface area is 167 Å². The minimum Gasteiger partial charge on any atom is -0.342 e. The molecule has 1 N–H and O–H groups in total. The van der Waals surface area contributed by atoms with E-state index in [0.717, 1.165) is 74.8 Å². The molecule has 2 aliphatic heterocycles. The van der Waals surface area contributed by atoms with Gasteiger partial charge in [-0.2, -0.15) is 0 Å². The van der Waals surface area contributed by atoms with Gasteiger partial charge in [-0.3, -0.25) is 9.69 Å². The van der Waals surface area contributed by atoms with E-state index in [1.807, 2.05) is 30.0 Å². The molecule has 2 saturated heterocycles. The summed E-state index contributed by atoms with van der Waals surface area (Å²) < 4.78 is 0. The molecule has 2 aliphatic rings. The summed E-state index contributed by atoms with van der Waals surface area (Å²) in [6.45, 7) is 6.34. The van der Waals surface area contributed by atoms with Gasteiger partial charge in [0.2, 0.25) is 5.91 Å². The van der Waals surface area contributed by atoms with E-state index in [-0.39, 0.29) is 5.91 Å². The SMILES string of the molecule is Cc1cccnc1Nc1cccc([C@H]2CCCN(CC(=O)N3CCCC3)C2)n1. The molecule has 1 amide bonds. The maximum atomic E-state index is 12.5. The van der Waals surface area contributed by atoms with Crippen molar-refractivity contribution in [2.24, 2.45) is 0 Å². The van der Waals surface area contributed by atoms with Crippen molar-refractivity contribution >= 4 is 17.5 Å². The third-order valence-electron chi connectivity index (χ3n) is 5.77. The molecule has 0 aliphatic carbocycles. The van der Waals surface area contributed by atoms with Crippen LogP contribution in [0, 0.1) is 6.92 Å². The van der Waals surface area contributed by atoms with Crippen molar-refractivity contribution in [2.75, 3.05) is 38.0 Å². The Morgan fingerprint density at radius 3 is 2.82 bits per heavy atom. The van der Waals surface area contributed by atoms with E-state index in [4.69, 9.17) is 4.98 Å². The first-order valence-corrected chi connectivity index (χ1v) is 10.3. The molecule has 2 aromatic rings. The monoisotopic (exact) mass is 379 g/mol. The number of hydrogen-bond donors (Lipinski definition) is 1. The predicted molar refractivity (Wildman–Crippen MR) is 111 cm³/mol. The third-order valence-corrected chi connectivity index (χ3v) is 5.77. The van der Waals surface area contributed by atoms with Crippen molar-refractivity contribution in [3.8, 4) is 0 Å². The van der Waals surface area contributed by atoms with Crippen molar-refractivity contribution in [3.63, 3.8) is 0 Å². The van der Waals surface area contributed by atoms with Crippen molar-refractivity contribution < 1.29 is 4.79 Å². The summed E-state index contributed by atoms with van der Waals surface area (Å²) in [5, 5.41) is 3.34. The minimum atomic E-state index is 0.284. The van der Waals surface area contributed by atoms with Gasteiger partial charge >= 0.3 is 0 Å². The Bertz CT molecular complexity index is 818. The Hall–Kier alpha value is -2.47. The zero-order valence-corrected chi connectivity index (χ0v) is 16.6. The molecule has 0 bridgehead atoms. The van der Waals surface area contributed by atoms with E-state index in [9.17, 15) is 4.79 Å². The number of carbonyl (C=O) groups excluding carboxylic acids is 1. The van der Waals surface area contributed by atoms with E-state index in [1.165, 1.54) is 0 Å². The highest BCUT2D eigenvalue weighted by Gasteiger charge is 2.26. The zero-order valence-electron chi connectivity index (χ0n) is 16.6. The number of carbonyl (C=O) groups is 1. The molecule has 6 nitrogen and oxygen atoms in total. The second kappa shape index (κ2) is 8.69. The topological polar surface area (TPSA) is 61.4 Å². The molecule has 4 heterocycles. The van der Waals surface area contributed by atoms with E-state index >= 15 is 0 Å². The Morgan fingerprint density at radius 1 is 1.14 bits per heavy atom. The fourth-order valence-electron chi connectivity index (χ4n) is 4.18. The quantitative estimate of drug-likeness (QED) is 0.863. The number of nitrogens with one attached hydrogen (secondary N) is 1. The van der Waals surface area contributed by atoms with Crippen LogP contribution in [0.3, 0.4) is 0 Å². The molecule has 0 spiro atoms. The Morgan fingerprint density at radius 2 is 2.00 bits per heavy atom. The second-order valence-corrected chi connectivity index (χ2v) is 7.90. The Kier molecular flexibility index (Phi) is 5.86. The van der Waals surface area contributed by atoms with Gasteiger partial charge in [-0.15, -0.1) is 0 Å². The van der Waals surface area contributed by atoms with Crippen LogP contribution in [0.5, 0.6) is 0 Å². The first-order valence-electron chi connectivity index (χ1n) is 10.3. The summed E-state index contributed by atoms with van der Waals surface area (Å²) in [4.78, 5) is 26.1. The Balaban J connectivity index is 1.40. The zero-order chi connectivity index (χ0) is 19.3. The van der Waals surface area contributed by atoms with Crippen molar-refractivity contribution in [3.05, 3.63) is 47.8 Å². The summed E-state index contributed by atoms with van der Waals surface area (Å²) in [6.07, 6.45) is 6.31. The molecule has 1 atom stereocenters. The van der Waals surface area contributed by atoms with Crippen LogP contribution in [0.1, 0.15) is 42.9 Å². The van der Waals surface area contributed by atoms with Crippen LogP contribution < -0.4 is 5.32 Å². The number of pyridine rings is 2. The average Bonchev–Trinajstić information content (AvgIpc) is 3.25. The fourth-order valence-corrected chi connectivity index (χ4v) is 4.18. The molecule has 6 heteroatoms. The van der Waals surface area contributed by atoms with Gasteiger partial charge in [-0.05, 0) is 62.9 Å². The molecule has 0 saturated carbocycles. The number of rotatable bonds is 5. The number of nitrogens with zero attached hydrogens (tertiary/aromatic N) is 4. The van der Waals surface area contributed by atoms with Crippen LogP contribution in [0.15, 0.2) is 36.5 Å². The van der Waals surface area contributed by atoms with Crippen LogP contribution in [0.4, 0.5) is 11.6 Å². The van der Waals surface area contributed by atoms with Gasteiger partial charge < -0.3 is 10.2 Å². The molecule has 28 heavy (non-hydrogen) atoms. The second-order valence-electron chi connectivity index (χ2n) is 7.90. The van der Waals surface area contributed by atoms with Crippen LogP contribution in [-0.2, 0) is 4.79 Å². The van der Waals surface area contributed by atoms with Crippen LogP contribution in [0.2, 0.25) is 0 Å². The van der Waals surface area contributed by atoms with Gasteiger partial charge in [0.25, 0.3) is 0 Å². The lowest BCUT2D eigenvalue weighted by molar-refractivity contribution is -0.131. The molecule has 0 radical (unpaired) electrons. The number of aromatic nitrogens is 2. The summed E-state index contributed by atoms with van der Waals surface area (Å²) in [7, 11) is 0. The van der Waals surface area contributed by atoms with Gasteiger partial charge in [0, 0.05) is 37.4 Å². The van der Waals surface area contributed by atoms with Crippen molar-refractivity contribution in [1.29, 1.82) is 0 Å². The number of piperidine rings is 1. The number of anilines is 2. The molecular weight excluding hydrogens is 350 g/mol. The summed E-state index contributed by atoms with van der Waals surface area (Å²) in [6, 6.07) is 10.1. The lowest BCUT2D eigenvalue weighted by atomic mass is 9.94. The predicted octanol–water partition coefficient (Wildman–Crippen LogP) is 3.33. The normalized spacial score (nSPS) is 20.3. The standard InChI is InChI=1S/C22H29N5O/c1-17-7-5-11-23-22(17)25-20-10-4-9-19(24-20)18-8-6-12-26(15-18)16-21(28)27-13-2-3-14-27/h4-5,7,9-11,18H,2-3,6,8,12-16H2,1H3,(H,23,24,25)/t18-/m0/s1. The van der Waals surface area contributed by atoms with Gasteiger partial charge in [0.1, 0.15) is 11.6 Å². The minimum absolute atomic E-state index is 0.284. The van der Waals surface area contributed by atoms with E-state index in [0.29, 0.717) is 12.5 Å². The first-order chi connectivity index (χ1) is 13.7. The number of aryl methyl sites for hydroxylation is 1. The van der Waals surface area contributed by atoms with Crippen molar-refractivity contribution in [1.82, 2.24) is 19.8 Å². The maximum Gasteiger partial charge on any atom is 0.236 e. The van der Waals surface area contributed by atoms with E-state index < -0.39 is 0 Å². The number of amides is 1. The summed E-state index contributed by atoms with van der Waals surface area (Å²) in [5.74, 6) is 2.32. The molecule has 148 valence electrons. The van der Waals surface area contributed by atoms with Crippen LogP contribution in [0.25, 0.3) is 0 Å². The average molecular weight is 380 g/mol. The fraction of sp³-hybridized carbons (Fsp3) is 0.500. The smallest absolute Gasteiger partial charge is 0.236 e. The third kappa shape index (κ3) is 4.50. The first kappa shape index (κ1) is 18.9. The molecule has 2 fully saturated rings. The highest BCUT2D eigenvalue weighted by Crippen LogP contribution is 2.27. The summed E-state index contributed by atoms with van der Waals surface area (Å²) in [5.41, 5.74) is 2.19. The van der Waals surface area contributed by atoms with Crippen LogP contribution in [-0.4, -0.2) is 58.4 Å². The van der Waals surface area contributed by atoms with Crippen molar-refractivity contribution in [2.45, 2.75) is 38.5 Å². The van der Waals surface area contributed by atoms with Gasteiger partial charge in [0.15, 0.2) is 0 Å². The van der Waals surface area contributed by atoms with Gasteiger partial charge in [-0.25, -0.2) is 9.97 Å². The molecule has 0 unspecified atom stereocenters. The highest BCUT2D eigenvalue weighted by molar-refractivity contribution is 5.78. The molecule has 0 aromatic carbocycles. The number of hydrogen-bond acceptors (Lipinski definition) is 5.